The number of aromatic nitrogens is 1. The number of anilines is 1. The highest BCUT2D eigenvalue weighted by Gasteiger charge is 2.52. The number of halogens is 2. The summed E-state index contributed by atoms with van der Waals surface area (Å²) < 4.78 is 1.94. The van der Waals surface area contributed by atoms with Crippen molar-refractivity contribution in [2.75, 3.05) is 11.0 Å². The lowest BCUT2D eigenvalue weighted by Crippen LogP contribution is -2.42. The fourth-order valence-electron chi connectivity index (χ4n) is 3.15. The smallest absolute Gasteiger partial charge is 0.260 e. The number of hydrogen-bond donors (Lipinski definition) is 1. The number of nitrogens with zero attached hydrogens (tertiary/aromatic N) is 2. The van der Waals surface area contributed by atoms with Gasteiger partial charge in [-0.25, -0.2) is 9.40 Å². The van der Waals surface area contributed by atoms with Crippen LogP contribution in [0, 0.1) is 11.8 Å². The van der Waals surface area contributed by atoms with Crippen molar-refractivity contribution >= 4 is 39.4 Å². The predicted octanol–water partition coefficient (Wildman–Crippen LogP) is 2.82. The zero-order valence-electron chi connectivity index (χ0n) is 10.9. The second-order valence-corrected chi connectivity index (χ2v) is 7.14. The van der Waals surface area contributed by atoms with Gasteiger partial charge in [-0.15, -0.1) is 0 Å². The number of amides is 1. The molecule has 0 bridgehead atoms. The molecule has 0 spiro atoms. The Morgan fingerprint density at radius 1 is 1.45 bits per heavy atom. The minimum atomic E-state index is -0.134. The second kappa shape index (κ2) is 4.68. The van der Waals surface area contributed by atoms with Gasteiger partial charge in [-0.05, 0) is 71.1 Å². The average Bonchev–Trinajstić information content (AvgIpc) is 3.36. The molecule has 3 aliphatic rings. The van der Waals surface area contributed by atoms with E-state index < -0.39 is 0 Å². The first-order valence-corrected chi connectivity index (χ1v) is 8.18. The number of fused-ring (bicyclic) bond motifs is 1. The van der Waals surface area contributed by atoms with Crippen molar-refractivity contribution in [2.45, 2.75) is 31.2 Å². The van der Waals surface area contributed by atoms with E-state index in [1.54, 1.807) is 0 Å². The van der Waals surface area contributed by atoms with E-state index in [0.29, 0.717) is 28.2 Å². The first-order valence-electron chi connectivity index (χ1n) is 7.04. The highest BCUT2D eigenvalue weighted by molar-refractivity contribution is 9.10. The lowest BCUT2D eigenvalue weighted by atomic mass is 10.1. The summed E-state index contributed by atoms with van der Waals surface area (Å²) in [5.74, 6) is 2.18. The maximum atomic E-state index is 12.6. The van der Waals surface area contributed by atoms with Crippen molar-refractivity contribution in [3.05, 3.63) is 22.3 Å². The van der Waals surface area contributed by atoms with E-state index in [1.165, 1.54) is 4.42 Å². The number of rotatable bonds is 3. The minimum absolute atomic E-state index is 0.0656. The van der Waals surface area contributed by atoms with Gasteiger partial charge in [0.25, 0.3) is 5.91 Å². The molecule has 3 atom stereocenters. The second-order valence-electron chi connectivity index (χ2n) is 5.99. The number of pyridine rings is 1. The van der Waals surface area contributed by atoms with Crippen LogP contribution in [0.1, 0.15) is 30.7 Å². The van der Waals surface area contributed by atoms with Crippen LogP contribution in [0.15, 0.2) is 16.7 Å². The van der Waals surface area contributed by atoms with Crippen LogP contribution < -0.4 is 9.74 Å². The van der Waals surface area contributed by atoms with E-state index in [-0.39, 0.29) is 11.9 Å². The van der Waals surface area contributed by atoms with Crippen LogP contribution in [-0.2, 0) is 4.79 Å². The number of piperidine rings is 1. The fourth-order valence-corrected chi connectivity index (χ4v) is 3.69. The first-order chi connectivity index (χ1) is 9.65. The summed E-state index contributed by atoms with van der Waals surface area (Å²) in [7, 11) is 0. The Bertz CT molecular complexity index is 578. The van der Waals surface area contributed by atoms with Crippen molar-refractivity contribution in [3.63, 3.8) is 0 Å². The van der Waals surface area contributed by atoms with Crippen LogP contribution in [0.2, 0.25) is 0 Å². The molecule has 1 N–H and O–H groups in total. The largest absolute Gasteiger partial charge is 0.305 e. The molecular weight excluding hydrogens is 342 g/mol. The molecule has 0 unspecified atom stereocenters. The highest BCUT2D eigenvalue weighted by Crippen LogP contribution is 2.47. The monoisotopic (exact) mass is 355 g/mol. The van der Waals surface area contributed by atoms with Gasteiger partial charge in [0, 0.05) is 11.8 Å². The number of nitrogens with one attached hydrogen (secondary N) is 1. The summed E-state index contributed by atoms with van der Waals surface area (Å²) in [5.41, 5.74) is 1.09. The summed E-state index contributed by atoms with van der Waals surface area (Å²) in [6.07, 6.45) is 3.46. The molecule has 2 aliphatic carbocycles. The average molecular weight is 357 g/mol. The first kappa shape index (κ1) is 13.0. The third kappa shape index (κ3) is 2.16. The van der Waals surface area contributed by atoms with Crippen molar-refractivity contribution in [2.24, 2.45) is 11.8 Å². The summed E-state index contributed by atoms with van der Waals surface area (Å²) >= 11 is 9.69. The van der Waals surface area contributed by atoms with E-state index in [4.69, 9.17) is 11.8 Å². The maximum Gasteiger partial charge on any atom is 0.260 e. The van der Waals surface area contributed by atoms with Crippen LogP contribution >= 0.6 is 27.7 Å². The SMILES string of the molecule is O=C([C@H]1NC[C@H]2C[C@H]21)N(Cl)c1nc(Br)ccc1C1CC1. The van der Waals surface area contributed by atoms with Crippen molar-refractivity contribution in [1.29, 1.82) is 0 Å². The van der Waals surface area contributed by atoms with E-state index in [1.807, 2.05) is 12.1 Å². The van der Waals surface area contributed by atoms with Crippen LogP contribution in [0.3, 0.4) is 0 Å². The predicted molar refractivity (Wildman–Crippen MR) is 80.6 cm³/mol. The summed E-state index contributed by atoms with van der Waals surface area (Å²) in [5, 5.41) is 3.27. The minimum Gasteiger partial charge on any atom is -0.305 e. The van der Waals surface area contributed by atoms with Gasteiger partial charge >= 0.3 is 0 Å². The number of carbonyl (C=O) groups excluding carboxylic acids is 1. The Morgan fingerprint density at radius 2 is 2.25 bits per heavy atom. The van der Waals surface area contributed by atoms with Crippen molar-refractivity contribution < 1.29 is 4.79 Å². The number of carbonyl (C=O) groups is 1. The Kier molecular flexibility index (Phi) is 3.05. The zero-order valence-corrected chi connectivity index (χ0v) is 13.2. The van der Waals surface area contributed by atoms with Crippen LogP contribution in [0.5, 0.6) is 0 Å². The molecule has 6 heteroatoms. The van der Waals surface area contributed by atoms with Gasteiger partial charge in [-0.1, -0.05) is 6.07 Å². The number of hydrogen-bond acceptors (Lipinski definition) is 3. The molecule has 0 radical (unpaired) electrons. The summed E-state index contributed by atoms with van der Waals surface area (Å²) in [6.45, 7) is 0.938. The third-order valence-corrected chi connectivity index (χ3v) is 5.31. The van der Waals surface area contributed by atoms with Gasteiger partial charge in [-0.2, -0.15) is 0 Å². The molecule has 1 aromatic rings. The van der Waals surface area contributed by atoms with Crippen LogP contribution in [0.25, 0.3) is 0 Å². The molecule has 0 aromatic carbocycles. The molecular formula is C14H15BrClN3O. The van der Waals surface area contributed by atoms with Gasteiger partial charge in [0.1, 0.15) is 4.60 Å². The molecule has 4 nitrogen and oxygen atoms in total. The Morgan fingerprint density at radius 3 is 2.85 bits per heavy atom. The highest BCUT2D eigenvalue weighted by atomic mass is 79.9. The van der Waals surface area contributed by atoms with E-state index >= 15 is 0 Å². The van der Waals surface area contributed by atoms with Crippen molar-refractivity contribution in [1.82, 2.24) is 10.3 Å². The third-order valence-electron chi connectivity index (χ3n) is 4.54. The van der Waals surface area contributed by atoms with E-state index in [0.717, 1.165) is 31.4 Å². The quantitative estimate of drug-likeness (QED) is 0.669. The van der Waals surface area contributed by atoms with Gasteiger partial charge < -0.3 is 5.32 Å². The van der Waals surface area contributed by atoms with E-state index in [9.17, 15) is 4.79 Å². The van der Waals surface area contributed by atoms with Gasteiger partial charge in [0.15, 0.2) is 5.82 Å². The topological polar surface area (TPSA) is 45.2 Å². The Labute approximate surface area is 131 Å². The van der Waals surface area contributed by atoms with Crippen LogP contribution in [0.4, 0.5) is 5.82 Å². The van der Waals surface area contributed by atoms with Crippen LogP contribution in [-0.4, -0.2) is 23.5 Å². The summed E-state index contributed by atoms with van der Waals surface area (Å²) in [4.78, 5) is 17.0. The fraction of sp³-hybridized carbons (Fsp3) is 0.571. The molecule has 1 amide bonds. The molecule has 2 saturated carbocycles. The lowest BCUT2D eigenvalue weighted by Gasteiger charge is -2.21. The zero-order chi connectivity index (χ0) is 13.9. The standard InChI is InChI=1S/C14H15BrClN3O/c15-11-4-3-9(7-1-2-7)13(18-11)19(16)14(20)12-10-5-8(10)6-17-12/h3-4,7-8,10,12,17H,1-2,5-6H2/t8-,10-,12+/m1/s1. The Balaban J connectivity index is 1.62. The normalized spacial score (nSPS) is 31.0. The Hall–Kier alpha value is -0.650. The van der Waals surface area contributed by atoms with Gasteiger partial charge in [-0.3, -0.25) is 4.79 Å². The van der Waals surface area contributed by atoms with Gasteiger partial charge in [0.2, 0.25) is 0 Å². The maximum absolute atomic E-state index is 12.6. The molecule has 2 heterocycles. The molecule has 3 fully saturated rings. The van der Waals surface area contributed by atoms with Crippen molar-refractivity contribution in [3.8, 4) is 0 Å². The molecule has 4 rings (SSSR count). The molecule has 1 aromatic heterocycles. The summed E-state index contributed by atoms with van der Waals surface area (Å²) in [6, 6.07) is 3.80. The molecule has 1 aliphatic heterocycles. The lowest BCUT2D eigenvalue weighted by molar-refractivity contribution is -0.119. The molecule has 106 valence electrons. The van der Waals surface area contributed by atoms with Gasteiger partial charge in [0.05, 0.1) is 6.04 Å². The van der Waals surface area contributed by atoms with E-state index in [2.05, 4.69) is 26.2 Å². The molecule has 1 saturated heterocycles. The molecule has 20 heavy (non-hydrogen) atoms.